The van der Waals surface area contributed by atoms with Crippen LogP contribution in [-0.2, 0) is 0 Å². The van der Waals surface area contributed by atoms with Gasteiger partial charge in [0.05, 0.1) is 5.56 Å². The molecule has 1 heterocycles. The van der Waals surface area contributed by atoms with E-state index in [-0.39, 0.29) is 23.0 Å². The maximum atomic E-state index is 12.2. The Morgan fingerprint density at radius 1 is 1.24 bits per heavy atom. The zero-order valence-electron chi connectivity index (χ0n) is 9.43. The molecule has 0 saturated carbocycles. The van der Waals surface area contributed by atoms with Gasteiger partial charge in [-0.15, -0.1) is 0 Å². The molecule has 1 aliphatic rings. The third kappa shape index (κ3) is 2.85. The molecule has 1 aromatic rings. The highest BCUT2D eigenvalue weighted by atomic mass is 32.2. The minimum Gasteiger partial charge on any atom is -0.508 e. The van der Waals surface area contributed by atoms with E-state index in [0.717, 1.165) is 17.9 Å². The average molecular weight is 253 g/mol. The van der Waals surface area contributed by atoms with Crippen LogP contribution in [0.4, 0.5) is 0 Å². The number of thioether (sulfide) groups is 1. The molecule has 4 nitrogen and oxygen atoms in total. The summed E-state index contributed by atoms with van der Waals surface area (Å²) in [4.78, 5) is 13.9. The van der Waals surface area contributed by atoms with E-state index in [9.17, 15) is 15.0 Å². The Balaban J connectivity index is 2.20. The molecule has 1 aromatic carbocycles. The van der Waals surface area contributed by atoms with Crippen molar-refractivity contribution in [1.82, 2.24) is 4.90 Å². The van der Waals surface area contributed by atoms with Crippen LogP contribution in [0.5, 0.6) is 11.5 Å². The summed E-state index contributed by atoms with van der Waals surface area (Å²) in [6.07, 6.45) is 0.968. The molecule has 1 amide bonds. The topological polar surface area (TPSA) is 60.8 Å². The number of aromatic hydroxyl groups is 2. The van der Waals surface area contributed by atoms with Gasteiger partial charge in [0.25, 0.3) is 5.91 Å². The highest BCUT2D eigenvalue weighted by molar-refractivity contribution is 7.99. The zero-order valence-corrected chi connectivity index (χ0v) is 10.2. The SMILES string of the molecule is O=C(c1cc(O)ccc1O)N1CCCSCC1. The van der Waals surface area contributed by atoms with Crippen LogP contribution in [0, 0.1) is 0 Å². The van der Waals surface area contributed by atoms with Crippen LogP contribution in [0.3, 0.4) is 0 Å². The molecule has 0 spiro atoms. The van der Waals surface area contributed by atoms with Gasteiger partial charge in [0.1, 0.15) is 11.5 Å². The standard InChI is InChI=1S/C12H15NO3S/c14-9-2-3-11(15)10(8-9)12(16)13-4-1-6-17-7-5-13/h2-3,8,14-15H,1,4-7H2. The maximum absolute atomic E-state index is 12.2. The van der Waals surface area contributed by atoms with E-state index in [1.807, 2.05) is 11.8 Å². The quantitative estimate of drug-likeness (QED) is 0.748. The maximum Gasteiger partial charge on any atom is 0.257 e. The fourth-order valence-electron chi connectivity index (χ4n) is 1.81. The summed E-state index contributed by atoms with van der Waals surface area (Å²) < 4.78 is 0. The second-order valence-corrected chi connectivity index (χ2v) is 5.18. The van der Waals surface area contributed by atoms with Crippen molar-refractivity contribution >= 4 is 17.7 Å². The van der Waals surface area contributed by atoms with Crippen LogP contribution < -0.4 is 0 Å². The minimum absolute atomic E-state index is 0.00431. The van der Waals surface area contributed by atoms with Crippen LogP contribution >= 0.6 is 11.8 Å². The number of rotatable bonds is 1. The summed E-state index contributed by atoms with van der Waals surface area (Å²) in [6, 6.07) is 4.02. The van der Waals surface area contributed by atoms with Gasteiger partial charge < -0.3 is 15.1 Å². The Labute approximate surface area is 104 Å². The summed E-state index contributed by atoms with van der Waals surface area (Å²) in [7, 11) is 0. The first kappa shape index (κ1) is 12.1. The summed E-state index contributed by atoms with van der Waals surface area (Å²) in [6.45, 7) is 1.40. The summed E-state index contributed by atoms with van der Waals surface area (Å²) in [5.74, 6) is 1.70. The molecular weight excluding hydrogens is 238 g/mol. The van der Waals surface area contributed by atoms with Crippen molar-refractivity contribution in [3.63, 3.8) is 0 Å². The number of hydrogen-bond donors (Lipinski definition) is 2. The second kappa shape index (κ2) is 5.31. The number of phenols is 2. The minimum atomic E-state index is -0.207. The first-order valence-electron chi connectivity index (χ1n) is 5.57. The van der Waals surface area contributed by atoms with Crippen molar-refractivity contribution in [2.24, 2.45) is 0 Å². The van der Waals surface area contributed by atoms with Crippen LogP contribution in [0.2, 0.25) is 0 Å². The number of hydrogen-bond acceptors (Lipinski definition) is 4. The van der Waals surface area contributed by atoms with E-state index in [2.05, 4.69) is 0 Å². The highest BCUT2D eigenvalue weighted by Gasteiger charge is 2.20. The van der Waals surface area contributed by atoms with Gasteiger partial charge in [-0.25, -0.2) is 0 Å². The summed E-state index contributed by atoms with van der Waals surface area (Å²) in [5, 5.41) is 19.0. The molecule has 0 aliphatic carbocycles. The largest absolute Gasteiger partial charge is 0.508 e. The van der Waals surface area contributed by atoms with Crippen LogP contribution in [0.25, 0.3) is 0 Å². The molecule has 0 bridgehead atoms. The van der Waals surface area contributed by atoms with E-state index >= 15 is 0 Å². The fourth-order valence-corrected chi connectivity index (χ4v) is 2.70. The van der Waals surface area contributed by atoms with Crippen molar-refractivity contribution < 1.29 is 15.0 Å². The van der Waals surface area contributed by atoms with Gasteiger partial charge in [0.2, 0.25) is 0 Å². The monoisotopic (exact) mass is 253 g/mol. The van der Waals surface area contributed by atoms with Gasteiger partial charge in [0, 0.05) is 18.8 Å². The highest BCUT2D eigenvalue weighted by Crippen LogP contribution is 2.24. The molecule has 2 rings (SSSR count). The first-order valence-corrected chi connectivity index (χ1v) is 6.73. The molecule has 2 N–H and O–H groups in total. The molecule has 0 atom stereocenters. The van der Waals surface area contributed by atoms with Crippen LogP contribution in [0.15, 0.2) is 18.2 Å². The van der Waals surface area contributed by atoms with E-state index in [1.54, 1.807) is 4.90 Å². The Hall–Kier alpha value is -1.36. The Morgan fingerprint density at radius 2 is 2.06 bits per heavy atom. The average Bonchev–Trinajstić information content (AvgIpc) is 2.60. The molecule has 1 saturated heterocycles. The van der Waals surface area contributed by atoms with Gasteiger partial charge in [-0.3, -0.25) is 4.79 Å². The van der Waals surface area contributed by atoms with Crippen molar-refractivity contribution in [3.05, 3.63) is 23.8 Å². The lowest BCUT2D eigenvalue weighted by Crippen LogP contribution is -2.32. The van der Waals surface area contributed by atoms with E-state index < -0.39 is 0 Å². The molecular formula is C12H15NO3S. The number of phenolic OH excluding ortho intramolecular Hbond substituents is 2. The number of nitrogens with zero attached hydrogens (tertiary/aromatic N) is 1. The molecule has 5 heteroatoms. The fraction of sp³-hybridized carbons (Fsp3) is 0.417. The lowest BCUT2D eigenvalue weighted by molar-refractivity contribution is 0.0765. The Bertz CT molecular complexity index is 414. The van der Waals surface area contributed by atoms with E-state index in [1.165, 1.54) is 18.2 Å². The van der Waals surface area contributed by atoms with Gasteiger partial charge in [-0.2, -0.15) is 11.8 Å². The summed E-state index contributed by atoms with van der Waals surface area (Å²) >= 11 is 1.83. The van der Waals surface area contributed by atoms with Crippen molar-refractivity contribution in [2.45, 2.75) is 6.42 Å². The van der Waals surface area contributed by atoms with Crippen LogP contribution in [0.1, 0.15) is 16.8 Å². The third-order valence-electron chi connectivity index (χ3n) is 2.72. The molecule has 17 heavy (non-hydrogen) atoms. The van der Waals surface area contributed by atoms with E-state index in [0.29, 0.717) is 13.1 Å². The van der Waals surface area contributed by atoms with E-state index in [4.69, 9.17) is 0 Å². The smallest absolute Gasteiger partial charge is 0.257 e. The second-order valence-electron chi connectivity index (χ2n) is 3.96. The van der Waals surface area contributed by atoms with Crippen molar-refractivity contribution in [1.29, 1.82) is 0 Å². The van der Waals surface area contributed by atoms with Gasteiger partial charge >= 0.3 is 0 Å². The van der Waals surface area contributed by atoms with Gasteiger partial charge in [0.15, 0.2) is 0 Å². The van der Waals surface area contributed by atoms with Crippen LogP contribution in [-0.4, -0.2) is 45.6 Å². The Morgan fingerprint density at radius 3 is 2.88 bits per heavy atom. The first-order chi connectivity index (χ1) is 8.18. The predicted octanol–water partition coefficient (Wildman–Crippen LogP) is 1.68. The number of carbonyl (C=O) groups excluding carboxylic acids is 1. The molecule has 0 unspecified atom stereocenters. The van der Waals surface area contributed by atoms with Gasteiger partial charge in [-0.1, -0.05) is 0 Å². The van der Waals surface area contributed by atoms with Crippen molar-refractivity contribution in [3.8, 4) is 11.5 Å². The third-order valence-corrected chi connectivity index (χ3v) is 3.77. The molecule has 1 aliphatic heterocycles. The van der Waals surface area contributed by atoms with Crippen molar-refractivity contribution in [2.75, 3.05) is 24.6 Å². The molecule has 0 aromatic heterocycles. The lowest BCUT2D eigenvalue weighted by Gasteiger charge is -2.20. The zero-order chi connectivity index (χ0) is 12.3. The lowest BCUT2D eigenvalue weighted by atomic mass is 10.1. The normalized spacial score (nSPS) is 16.6. The summed E-state index contributed by atoms with van der Waals surface area (Å²) in [5.41, 5.74) is 0.178. The molecule has 1 fully saturated rings. The number of benzene rings is 1. The number of carbonyl (C=O) groups is 1. The Kier molecular flexibility index (Phi) is 3.78. The molecule has 92 valence electrons. The molecule has 0 radical (unpaired) electrons. The van der Waals surface area contributed by atoms with Gasteiger partial charge in [-0.05, 0) is 30.4 Å². The predicted molar refractivity (Wildman–Crippen MR) is 67.6 cm³/mol. The number of amides is 1.